The van der Waals surface area contributed by atoms with Crippen molar-refractivity contribution in [1.29, 1.82) is 0 Å². The Morgan fingerprint density at radius 2 is 0.857 bits per heavy atom. The van der Waals surface area contributed by atoms with E-state index in [-0.39, 0.29) is 59.1 Å². The first-order valence-electron chi connectivity index (χ1n) is 1.70. The van der Waals surface area contributed by atoms with E-state index in [2.05, 4.69) is 0 Å². The summed E-state index contributed by atoms with van der Waals surface area (Å²) in [5.41, 5.74) is 0. The summed E-state index contributed by atoms with van der Waals surface area (Å²) in [4.78, 5) is 0. The van der Waals surface area contributed by atoms with Crippen molar-refractivity contribution in [3.8, 4) is 0 Å². The van der Waals surface area contributed by atoms with Gasteiger partial charge in [0.1, 0.15) is 0 Å². The summed E-state index contributed by atoms with van der Waals surface area (Å²) in [7, 11) is -11.1. The first-order valence-corrected chi connectivity index (χ1v) is 7.10. The van der Waals surface area contributed by atoms with Crippen molar-refractivity contribution in [2.24, 2.45) is 0 Å². The predicted molar refractivity (Wildman–Crippen MR) is 39.4 cm³/mol. The summed E-state index contributed by atoms with van der Waals surface area (Å²) in [6, 6.07) is 0. The Hall–Kier alpha value is 2.44. The molecule has 0 saturated heterocycles. The molecule has 0 aliphatic heterocycles. The molecule has 0 spiro atoms. The first kappa shape index (κ1) is 25.3. The normalized spacial score (nSPS) is 16.9. The molecule has 0 aromatic carbocycles. The van der Waals surface area contributed by atoms with Crippen molar-refractivity contribution in [2.45, 2.75) is 0 Å². The Morgan fingerprint density at radius 1 is 0.714 bits per heavy atom. The van der Waals surface area contributed by atoms with E-state index in [1.54, 1.807) is 0 Å². The van der Waals surface area contributed by atoms with Gasteiger partial charge in [0.15, 0.2) is 0 Å². The molecule has 0 radical (unpaired) electrons. The predicted octanol–water partition coefficient (Wildman–Crippen LogP) is -7.99. The van der Waals surface area contributed by atoms with E-state index in [1.165, 1.54) is 0 Å². The third-order valence-corrected chi connectivity index (χ3v) is 2.10. The smallest absolute Gasteiger partial charge is 0.763 e. The molecule has 0 aliphatic rings. The molecule has 8 nitrogen and oxygen atoms in total. The maximum atomic E-state index is 9.26. The average molecular weight is 304 g/mol. The monoisotopic (exact) mass is 304 g/mol. The Balaban J connectivity index is -0.0000000625. The molecule has 0 fully saturated rings. The molecule has 14 heavy (non-hydrogen) atoms. The van der Waals surface area contributed by atoms with Gasteiger partial charge in [0, 0.05) is 20.2 Å². The van der Waals surface area contributed by atoms with Gasteiger partial charge in [-0.1, -0.05) is 0 Å². The topological polar surface area (TPSA) is 155 Å². The molecular weight excluding hydrogens is 302 g/mol. The minimum absolute atomic E-state index is 0. The van der Waals surface area contributed by atoms with Gasteiger partial charge in [0.2, 0.25) is 0 Å². The van der Waals surface area contributed by atoms with Gasteiger partial charge in [0.25, 0.3) is 20.2 Å². The Morgan fingerprint density at radius 3 is 0.857 bits per heavy atom. The third kappa shape index (κ3) is 23.9. The van der Waals surface area contributed by atoms with Gasteiger partial charge in [0.05, 0.1) is 0 Å². The van der Waals surface area contributed by atoms with E-state index in [0.29, 0.717) is 0 Å². The van der Waals surface area contributed by atoms with Gasteiger partial charge < -0.3 is 9.11 Å². The average Bonchev–Trinajstić information content (AvgIpc) is 1.88. The zero-order valence-corrected chi connectivity index (χ0v) is 14.2. The van der Waals surface area contributed by atoms with Crippen molar-refractivity contribution in [1.82, 2.24) is 0 Å². The second kappa shape index (κ2) is 15.4. The fraction of sp³-hybridized carbons (Fsp3) is 0. The van der Waals surface area contributed by atoms with Crippen LogP contribution < -0.4 is 59.1 Å². The van der Waals surface area contributed by atoms with Crippen LogP contribution in [0.4, 0.5) is 0 Å². The van der Waals surface area contributed by atoms with Crippen LogP contribution in [0.5, 0.6) is 0 Å². The summed E-state index contributed by atoms with van der Waals surface area (Å²) in [5, 5.41) is 0. The molecule has 0 heterocycles. The standard InChI is InChI=1S/2Na.2H2O4S2/c;;2*1-5(2)6(3)4/h;;2*(H,1,2)(H,3,4)/q2*+1;;/p-2. The minimum atomic E-state index is -2.95. The molecule has 4 unspecified atom stereocenters. The van der Waals surface area contributed by atoms with Crippen molar-refractivity contribution in [3.63, 3.8) is 0 Å². The summed E-state index contributed by atoms with van der Waals surface area (Å²) < 4.78 is 70.0. The van der Waals surface area contributed by atoms with E-state index in [0.717, 1.165) is 0 Å². The second-order valence-electron chi connectivity index (χ2n) is 0.842. The van der Waals surface area contributed by atoms with Crippen molar-refractivity contribution in [2.75, 3.05) is 0 Å². The van der Waals surface area contributed by atoms with Crippen LogP contribution in [0.3, 0.4) is 0 Å². The molecule has 0 aliphatic carbocycles. The Bertz CT molecular complexity index is 175. The summed E-state index contributed by atoms with van der Waals surface area (Å²) in [6.07, 6.45) is 0. The second-order valence-corrected chi connectivity index (χ2v) is 5.87. The van der Waals surface area contributed by atoms with E-state index in [9.17, 15) is 8.42 Å². The Labute approximate surface area is 133 Å². The van der Waals surface area contributed by atoms with Crippen LogP contribution in [0.25, 0.3) is 0 Å². The molecule has 14 heteroatoms. The van der Waals surface area contributed by atoms with E-state index >= 15 is 0 Å². The van der Waals surface area contributed by atoms with Crippen LogP contribution in [0.2, 0.25) is 0 Å². The molecule has 4 atom stereocenters. The van der Waals surface area contributed by atoms with Crippen LogP contribution >= 0.6 is 0 Å². The van der Waals surface area contributed by atoms with E-state index < -0.39 is 40.4 Å². The Kier molecular flexibility index (Phi) is 27.9. The van der Waals surface area contributed by atoms with Gasteiger partial charge in [-0.05, 0) is 0 Å². The van der Waals surface area contributed by atoms with Crippen molar-refractivity contribution >= 4 is 40.4 Å². The van der Waals surface area contributed by atoms with E-state index in [1.807, 2.05) is 0 Å². The molecule has 76 valence electrons. The molecule has 0 saturated carbocycles. The van der Waals surface area contributed by atoms with Crippen molar-refractivity contribution in [3.05, 3.63) is 0 Å². The van der Waals surface area contributed by atoms with Gasteiger partial charge in [-0.3, -0.25) is 17.5 Å². The van der Waals surface area contributed by atoms with Gasteiger partial charge in [-0.2, -0.15) is 0 Å². The molecule has 0 aromatic heterocycles. The molecular formula is H2Na2O8S4. The van der Waals surface area contributed by atoms with Crippen LogP contribution in [-0.4, -0.2) is 35.0 Å². The van der Waals surface area contributed by atoms with Crippen molar-refractivity contribution < 1.29 is 94.2 Å². The quantitative estimate of drug-likeness (QED) is 0.289. The largest absolute Gasteiger partial charge is 1.00 e. The fourth-order valence-corrected chi connectivity index (χ4v) is 0. The summed E-state index contributed by atoms with van der Waals surface area (Å²) in [6.45, 7) is 0. The van der Waals surface area contributed by atoms with Crippen LogP contribution in [0.15, 0.2) is 0 Å². The first-order chi connectivity index (χ1) is 5.29. The summed E-state index contributed by atoms with van der Waals surface area (Å²) >= 11 is 0. The molecule has 0 amide bonds. The molecule has 2 N–H and O–H groups in total. The van der Waals surface area contributed by atoms with Crippen LogP contribution in [-0.2, 0) is 40.4 Å². The molecule has 0 aromatic rings. The molecule has 0 bridgehead atoms. The molecule has 0 rings (SSSR count). The van der Waals surface area contributed by atoms with Gasteiger partial charge in [-0.15, -0.1) is 0 Å². The third-order valence-electron chi connectivity index (χ3n) is 0.233. The number of hydrogen-bond donors (Lipinski definition) is 2. The maximum Gasteiger partial charge on any atom is 1.00 e. The van der Waals surface area contributed by atoms with Gasteiger partial charge in [-0.25, -0.2) is 8.42 Å². The van der Waals surface area contributed by atoms with Crippen LogP contribution in [0.1, 0.15) is 0 Å². The zero-order valence-electron chi connectivity index (χ0n) is 6.98. The maximum absolute atomic E-state index is 9.26. The van der Waals surface area contributed by atoms with E-state index in [4.69, 9.17) is 26.6 Å². The van der Waals surface area contributed by atoms with Crippen LogP contribution in [0, 0.1) is 0 Å². The summed E-state index contributed by atoms with van der Waals surface area (Å²) in [5.74, 6) is 0. The number of hydrogen-bond acceptors (Lipinski definition) is 6. The zero-order chi connectivity index (χ0) is 10.3. The SMILES string of the molecule is O=S(O)S(=O)O.O=S([O-])S(=O)[O-].[Na+].[Na+]. The van der Waals surface area contributed by atoms with Gasteiger partial charge >= 0.3 is 59.1 Å². The number of rotatable bonds is 2. The fourth-order valence-electron chi connectivity index (χ4n) is 0. The minimum Gasteiger partial charge on any atom is -0.763 e.